The molecule has 1 spiro atoms. The average molecular weight is 493 g/mol. The summed E-state index contributed by atoms with van der Waals surface area (Å²) in [4.78, 5) is 0. The van der Waals surface area contributed by atoms with E-state index in [0.717, 1.165) is 50.5 Å². The Labute approximate surface area is 210 Å². The van der Waals surface area contributed by atoms with E-state index < -0.39 is 35.2 Å². The number of fused-ring (bicyclic) bond motifs is 5. The molecule has 0 aromatic carbocycles. The first-order valence-corrected chi connectivity index (χ1v) is 13.8. The molecule has 0 aromatic rings. The summed E-state index contributed by atoms with van der Waals surface area (Å²) in [7, 11) is 0. The average Bonchev–Trinajstić information content (AvgIpc) is 3.04. The van der Waals surface area contributed by atoms with E-state index in [9.17, 15) is 30.6 Å². The van der Waals surface area contributed by atoms with Gasteiger partial charge in [-0.3, -0.25) is 0 Å². The van der Waals surface area contributed by atoms with E-state index in [4.69, 9.17) is 0 Å². The van der Waals surface area contributed by atoms with Crippen LogP contribution in [0.5, 0.6) is 0 Å². The van der Waals surface area contributed by atoms with Crippen LogP contribution in [-0.2, 0) is 0 Å². The summed E-state index contributed by atoms with van der Waals surface area (Å²) in [5.41, 5.74) is -1.43. The molecule has 200 valence electrons. The molecule has 4 fully saturated rings. The van der Waals surface area contributed by atoms with Gasteiger partial charge in [-0.1, -0.05) is 40.7 Å². The maximum Gasteiger partial charge on any atom is 0.0902 e. The summed E-state index contributed by atoms with van der Waals surface area (Å²) in [6, 6.07) is 0. The minimum Gasteiger partial charge on any atom is -0.396 e. The predicted octanol–water partition coefficient (Wildman–Crippen LogP) is 2.78. The molecule has 4 saturated carbocycles. The van der Waals surface area contributed by atoms with Gasteiger partial charge in [0.25, 0.3) is 0 Å². The lowest BCUT2D eigenvalue weighted by Gasteiger charge is -2.71. The van der Waals surface area contributed by atoms with Crippen LogP contribution in [0.15, 0.2) is 11.6 Å². The first-order valence-electron chi connectivity index (χ1n) is 13.8. The number of aliphatic hydroxyl groups is 6. The molecule has 0 aliphatic heterocycles. The minimum absolute atomic E-state index is 0.0997. The lowest BCUT2D eigenvalue weighted by Crippen LogP contribution is -2.69. The molecule has 35 heavy (non-hydrogen) atoms. The highest BCUT2D eigenvalue weighted by atomic mass is 16.3. The molecule has 6 heteroatoms. The van der Waals surface area contributed by atoms with Gasteiger partial charge in [0.2, 0.25) is 0 Å². The Morgan fingerprint density at radius 1 is 0.829 bits per heavy atom. The molecule has 5 aliphatic carbocycles. The van der Waals surface area contributed by atoms with Crippen LogP contribution in [0.2, 0.25) is 0 Å². The van der Waals surface area contributed by atoms with Crippen molar-refractivity contribution in [1.82, 2.24) is 0 Å². The summed E-state index contributed by atoms with van der Waals surface area (Å²) < 4.78 is 0. The van der Waals surface area contributed by atoms with E-state index in [-0.39, 0.29) is 46.7 Å². The van der Waals surface area contributed by atoms with Gasteiger partial charge >= 0.3 is 0 Å². The monoisotopic (exact) mass is 492 g/mol. The van der Waals surface area contributed by atoms with Crippen LogP contribution in [0.25, 0.3) is 0 Å². The molecular weight excluding hydrogens is 444 g/mol. The maximum absolute atomic E-state index is 11.9. The number of hydrogen-bond acceptors (Lipinski definition) is 6. The quantitative estimate of drug-likeness (QED) is 0.330. The van der Waals surface area contributed by atoms with Gasteiger partial charge in [0.15, 0.2) is 0 Å². The smallest absolute Gasteiger partial charge is 0.0902 e. The van der Waals surface area contributed by atoms with E-state index in [0.29, 0.717) is 6.42 Å². The third kappa shape index (κ3) is 2.93. The van der Waals surface area contributed by atoms with Crippen molar-refractivity contribution in [2.45, 2.75) is 110 Å². The van der Waals surface area contributed by atoms with Gasteiger partial charge in [-0.05, 0) is 90.4 Å². The third-order valence-electron chi connectivity index (χ3n) is 13.1. The Kier molecular flexibility index (Phi) is 5.80. The van der Waals surface area contributed by atoms with Crippen molar-refractivity contribution < 1.29 is 30.6 Å². The second-order valence-electron chi connectivity index (χ2n) is 14.6. The van der Waals surface area contributed by atoms with E-state index >= 15 is 0 Å². The molecule has 6 N–H and O–H groups in total. The second-order valence-corrected chi connectivity index (χ2v) is 14.6. The first-order chi connectivity index (χ1) is 16.2. The minimum atomic E-state index is -1.14. The summed E-state index contributed by atoms with van der Waals surface area (Å²) >= 11 is 0. The fraction of sp³-hybridized carbons (Fsp3) is 0.931. The van der Waals surface area contributed by atoms with E-state index in [1.165, 1.54) is 0 Å². The van der Waals surface area contributed by atoms with Gasteiger partial charge in [0.1, 0.15) is 0 Å². The van der Waals surface area contributed by atoms with Crippen molar-refractivity contribution in [3.8, 4) is 0 Å². The van der Waals surface area contributed by atoms with Crippen LogP contribution in [0, 0.1) is 44.3 Å². The molecule has 0 unspecified atom stereocenters. The highest BCUT2D eigenvalue weighted by Crippen LogP contribution is 2.74. The van der Waals surface area contributed by atoms with E-state index in [1.54, 1.807) is 0 Å². The Morgan fingerprint density at radius 3 is 2.03 bits per heavy atom. The van der Waals surface area contributed by atoms with Crippen molar-refractivity contribution in [3.63, 3.8) is 0 Å². The van der Waals surface area contributed by atoms with Crippen molar-refractivity contribution in [1.29, 1.82) is 0 Å². The number of hydrogen-bond donors (Lipinski definition) is 6. The molecular formula is C29H48O6. The van der Waals surface area contributed by atoms with Gasteiger partial charge < -0.3 is 30.6 Å². The second kappa shape index (κ2) is 7.77. The molecule has 0 bridgehead atoms. The molecule has 0 heterocycles. The van der Waals surface area contributed by atoms with Gasteiger partial charge in [0, 0.05) is 10.8 Å². The van der Waals surface area contributed by atoms with Crippen molar-refractivity contribution in [2.75, 3.05) is 13.2 Å². The number of rotatable bonds is 2. The fourth-order valence-electron chi connectivity index (χ4n) is 10.7. The SMILES string of the molecule is CC1(C)CC[C@]2(CC[C@]3(C)C(=CC[C@@H]4[C@@]5(C)C[C@@H](O)[C@@H](O)C(CO)(CO)[C@@H]5CC[C@]43C)[C@H]2O)[C@@H]1O. The molecule has 6 nitrogen and oxygen atoms in total. The van der Waals surface area contributed by atoms with Gasteiger partial charge in [-0.15, -0.1) is 0 Å². The van der Waals surface area contributed by atoms with Crippen LogP contribution in [0.4, 0.5) is 0 Å². The van der Waals surface area contributed by atoms with Gasteiger partial charge in [-0.25, -0.2) is 0 Å². The molecule has 0 amide bonds. The number of aliphatic hydroxyl groups excluding tert-OH is 6. The lowest BCUT2D eigenvalue weighted by atomic mass is 9.34. The summed E-state index contributed by atoms with van der Waals surface area (Å²) in [5, 5.41) is 65.9. The van der Waals surface area contributed by atoms with Crippen LogP contribution < -0.4 is 0 Å². The van der Waals surface area contributed by atoms with E-state index in [1.807, 2.05) is 0 Å². The molecule has 5 aliphatic rings. The van der Waals surface area contributed by atoms with Crippen molar-refractivity contribution >= 4 is 0 Å². The Bertz CT molecular complexity index is 896. The van der Waals surface area contributed by atoms with Crippen molar-refractivity contribution in [3.05, 3.63) is 11.6 Å². The van der Waals surface area contributed by atoms with Crippen LogP contribution >= 0.6 is 0 Å². The Balaban J connectivity index is 1.57. The molecule has 5 rings (SSSR count). The zero-order chi connectivity index (χ0) is 25.8. The zero-order valence-electron chi connectivity index (χ0n) is 22.3. The summed E-state index contributed by atoms with van der Waals surface area (Å²) in [6.45, 7) is 10.4. The third-order valence-corrected chi connectivity index (χ3v) is 13.1. The normalized spacial score (nSPS) is 54.5. The fourth-order valence-corrected chi connectivity index (χ4v) is 10.7. The van der Waals surface area contributed by atoms with Gasteiger partial charge in [0.05, 0.1) is 37.6 Å². The van der Waals surface area contributed by atoms with Crippen LogP contribution in [-0.4, -0.2) is 68.3 Å². The van der Waals surface area contributed by atoms with Crippen LogP contribution in [0.1, 0.15) is 86.0 Å². The Morgan fingerprint density at radius 2 is 1.46 bits per heavy atom. The number of allylic oxidation sites excluding steroid dienone is 1. The summed E-state index contributed by atoms with van der Waals surface area (Å²) in [6.07, 6.45) is 5.22. The zero-order valence-corrected chi connectivity index (χ0v) is 22.3. The Hall–Kier alpha value is -0.500. The topological polar surface area (TPSA) is 121 Å². The predicted molar refractivity (Wildman–Crippen MR) is 133 cm³/mol. The molecule has 10 atom stereocenters. The van der Waals surface area contributed by atoms with Crippen molar-refractivity contribution in [2.24, 2.45) is 44.3 Å². The first kappa shape index (κ1) is 26.1. The molecule has 0 aromatic heterocycles. The van der Waals surface area contributed by atoms with E-state index in [2.05, 4.69) is 40.7 Å². The lowest BCUT2D eigenvalue weighted by molar-refractivity contribution is -0.257. The molecule has 0 radical (unpaired) electrons. The standard InChI is InChI=1S/C29H48O6/c1-24(2)10-12-28(23(24)35)13-11-26(4)17(21(28)33)6-7-19-25(3)14-18(32)22(34)29(15-30,16-31)20(25)8-9-27(19,26)5/h6,18-23,30-35H,7-16H2,1-5H3/t18-,19-,20-,21-,22-,23-,25-,26-,27-,28-/m1/s1. The maximum atomic E-state index is 11.9. The highest BCUT2D eigenvalue weighted by Gasteiger charge is 2.71. The van der Waals surface area contributed by atoms with Gasteiger partial charge in [-0.2, -0.15) is 0 Å². The van der Waals surface area contributed by atoms with Crippen LogP contribution in [0.3, 0.4) is 0 Å². The largest absolute Gasteiger partial charge is 0.396 e. The summed E-state index contributed by atoms with van der Waals surface area (Å²) in [5.74, 6) is 0.0886. The molecule has 0 saturated heterocycles. The highest BCUT2D eigenvalue weighted by molar-refractivity contribution is 5.35.